The van der Waals surface area contributed by atoms with E-state index in [4.69, 9.17) is 16.7 Å². The molecule has 5 heteroatoms. The number of hydrogen-bond acceptors (Lipinski definition) is 2. The minimum atomic E-state index is -3.06. The Bertz CT molecular complexity index is 343. The summed E-state index contributed by atoms with van der Waals surface area (Å²) < 4.78 is 25.5. The number of aliphatic hydroxyl groups is 1. The molecule has 0 aromatic heterocycles. The fourth-order valence-corrected chi connectivity index (χ4v) is 1.55. The van der Waals surface area contributed by atoms with Gasteiger partial charge in [-0.05, 0) is 31.0 Å². The maximum atomic E-state index is 12.8. The van der Waals surface area contributed by atoms with Crippen LogP contribution in [-0.4, -0.2) is 30.2 Å². The van der Waals surface area contributed by atoms with Crippen LogP contribution in [0.2, 0.25) is 5.02 Å². The van der Waals surface area contributed by atoms with Gasteiger partial charge in [-0.25, -0.2) is 8.78 Å². The number of halogens is 3. The zero-order valence-electron chi connectivity index (χ0n) is 9.59. The number of alkyl halides is 2. The first kappa shape index (κ1) is 14.4. The summed E-state index contributed by atoms with van der Waals surface area (Å²) in [7, 11) is 0. The predicted molar refractivity (Wildman–Crippen MR) is 64.7 cm³/mol. The second-order valence-electron chi connectivity index (χ2n) is 4.13. The van der Waals surface area contributed by atoms with E-state index < -0.39 is 19.1 Å². The highest BCUT2D eigenvalue weighted by molar-refractivity contribution is 6.30. The first-order valence-electron chi connectivity index (χ1n) is 5.39. The third kappa shape index (κ3) is 5.44. The summed E-state index contributed by atoms with van der Waals surface area (Å²) in [4.78, 5) is 0. The number of benzene rings is 1. The molecule has 0 bridgehead atoms. The van der Waals surface area contributed by atoms with Crippen LogP contribution in [0, 0.1) is 0 Å². The summed E-state index contributed by atoms with van der Waals surface area (Å²) in [5.74, 6) is -3.06. The van der Waals surface area contributed by atoms with Gasteiger partial charge >= 0.3 is 0 Å². The SMILES string of the molecule is CC(Cc1ccc(Cl)cc1)NCC(F)(F)CO. The van der Waals surface area contributed by atoms with Crippen molar-refractivity contribution >= 4 is 11.6 Å². The van der Waals surface area contributed by atoms with Crippen molar-refractivity contribution in [1.82, 2.24) is 5.32 Å². The van der Waals surface area contributed by atoms with Crippen molar-refractivity contribution in [3.8, 4) is 0 Å². The number of rotatable bonds is 6. The molecule has 1 rings (SSSR count). The monoisotopic (exact) mass is 263 g/mol. The molecule has 2 N–H and O–H groups in total. The van der Waals surface area contributed by atoms with Gasteiger partial charge in [-0.15, -0.1) is 0 Å². The Kier molecular flexibility index (Phi) is 5.31. The van der Waals surface area contributed by atoms with Crippen molar-refractivity contribution in [3.05, 3.63) is 34.9 Å². The molecule has 0 saturated carbocycles. The lowest BCUT2D eigenvalue weighted by atomic mass is 10.1. The molecule has 0 fully saturated rings. The Labute approximate surface area is 105 Å². The third-order valence-electron chi connectivity index (χ3n) is 2.40. The summed E-state index contributed by atoms with van der Waals surface area (Å²) in [5.41, 5.74) is 1.03. The Balaban J connectivity index is 2.39. The average Bonchev–Trinajstić information content (AvgIpc) is 2.30. The van der Waals surface area contributed by atoms with Gasteiger partial charge in [0.2, 0.25) is 0 Å². The van der Waals surface area contributed by atoms with Crippen LogP contribution in [-0.2, 0) is 6.42 Å². The first-order valence-corrected chi connectivity index (χ1v) is 5.77. The summed E-state index contributed by atoms with van der Waals surface area (Å²) in [6, 6.07) is 7.18. The summed E-state index contributed by atoms with van der Waals surface area (Å²) >= 11 is 5.75. The van der Waals surface area contributed by atoms with Crippen LogP contribution < -0.4 is 5.32 Å². The highest BCUT2D eigenvalue weighted by Gasteiger charge is 2.27. The van der Waals surface area contributed by atoms with Crippen LogP contribution in [0.15, 0.2) is 24.3 Å². The van der Waals surface area contributed by atoms with Gasteiger partial charge in [0.05, 0.1) is 6.54 Å². The van der Waals surface area contributed by atoms with E-state index in [-0.39, 0.29) is 6.04 Å². The van der Waals surface area contributed by atoms with Crippen LogP contribution >= 0.6 is 11.6 Å². The van der Waals surface area contributed by atoms with Gasteiger partial charge in [0.15, 0.2) is 0 Å². The molecular formula is C12H16ClF2NO. The maximum absolute atomic E-state index is 12.8. The van der Waals surface area contributed by atoms with E-state index >= 15 is 0 Å². The molecule has 1 atom stereocenters. The highest BCUT2D eigenvalue weighted by Crippen LogP contribution is 2.13. The topological polar surface area (TPSA) is 32.3 Å². The lowest BCUT2D eigenvalue weighted by Crippen LogP contribution is -2.40. The van der Waals surface area contributed by atoms with Crippen LogP contribution in [0.3, 0.4) is 0 Å². The molecule has 0 aliphatic heterocycles. The van der Waals surface area contributed by atoms with Crippen molar-refractivity contribution in [2.75, 3.05) is 13.2 Å². The predicted octanol–water partition coefficient (Wildman–Crippen LogP) is 2.49. The molecule has 1 aromatic carbocycles. The van der Waals surface area contributed by atoms with Crippen molar-refractivity contribution in [3.63, 3.8) is 0 Å². The molecule has 1 unspecified atom stereocenters. The molecule has 1 aromatic rings. The van der Waals surface area contributed by atoms with E-state index in [1.54, 1.807) is 12.1 Å². The highest BCUT2D eigenvalue weighted by atomic mass is 35.5. The molecular weight excluding hydrogens is 248 g/mol. The Morgan fingerprint density at radius 3 is 2.47 bits per heavy atom. The zero-order valence-corrected chi connectivity index (χ0v) is 10.3. The van der Waals surface area contributed by atoms with E-state index in [1.165, 1.54) is 0 Å². The lowest BCUT2D eigenvalue weighted by molar-refractivity contribution is -0.0490. The Morgan fingerprint density at radius 2 is 1.94 bits per heavy atom. The molecule has 2 nitrogen and oxygen atoms in total. The second-order valence-corrected chi connectivity index (χ2v) is 4.56. The third-order valence-corrected chi connectivity index (χ3v) is 2.65. The molecule has 0 spiro atoms. The lowest BCUT2D eigenvalue weighted by Gasteiger charge is -2.18. The van der Waals surface area contributed by atoms with Crippen molar-refractivity contribution < 1.29 is 13.9 Å². The summed E-state index contributed by atoms with van der Waals surface area (Å²) in [6.45, 7) is 0.175. The van der Waals surface area contributed by atoms with Crippen molar-refractivity contribution in [2.45, 2.75) is 25.3 Å². The first-order chi connectivity index (χ1) is 7.93. The van der Waals surface area contributed by atoms with Crippen LogP contribution in [0.1, 0.15) is 12.5 Å². The van der Waals surface area contributed by atoms with E-state index in [0.717, 1.165) is 5.56 Å². The van der Waals surface area contributed by atoms with Gasteiger partial charge in [0.1, 0.15) is 6.61 Å². The number of hydrogen-bond donors (Lipinski definition) is 2. The fraction of sp³-hybridized carbons (Fsp3) is 0.500. The molecule has 0 radical (unpaired) electrons. The van der Waals surface area contributed by atoms with E-state index in [2.05, 4.69) is 5.32 Å². The Hall–Kier alpha value is -0.710. The van der Waals surface area contributed by atoms with Crippen molar-refractivity contribution in [1.29, 1.82) is 0 Å². The van der Waals surface area contributed by atoms with E-state index in [0.29, 0.717) is 11.4 Å². The van der Waals surface area contributed by atoms with Crippen molar-refractivity contribution in [2.24, 2.45) is 0 Å². The summed E-state index contributed by atoms with van der Waals surface area (Å²) in [5, 5.41) is 11.8. The van der Waals surface area contributed by atoms with E-state index in [1.807, 2.05) is 19.1 Å². The summed E-state index contributed by atoms with van der Waals surface area (Å²) in [6.07, 6.45) is 0.638. The molecule has 17 heavy (non-hydrogen) atoms. The smallest absolute Gasteiger partial charge is 0.282 e. The van der Waals surface area contributed by atoms with Gasteiger partial charge in [-0.3, -0.25) is 0 Å². The molecule has 96 valence electrons. The minimum absolute atomic E-state index is 0.0893. The number of nitrogens with one attached hydrogen (secondary N) is 1. The quantitative estimate of drug-likeness (QED) is 0.827. The zero-order chi connectivity index (χ0) is 12.9. The second kappa shape index (κ2) is 6.28. The average molecular weight is 264 g/mol. The molecule has 0 aliphatic rings. The standard InChI is InChI=1S/C12H16ClF2NO/c1-9(16-7-12(14,15)8-17)6-10-2-4-11(13)5-3-10/h2-5,9,16-17H,6-8H2,1H3. The van der Waals surface area contributed by atoms with Gasteiger partial charge in [0, 0.05) is 11.1 Å². The van der Waals surface area contributed by atoms with Gasteiger partial charge in [0.25, 0.3) is 5.92 Å². The molecule has 0 saturated heterocycles. The largest absolute Gasteiger partial charge is 0.390 e. The van der Waals surface area contributed by atoms with E-state index in [9.17, 15) is 8.78 Å². The fourth-order valence-electron chi connectivity index (χ4n) is 1.43. The maximum Gasteiger partial charge on any atom is 0.282 e. The molecule has 0 heterocycles. The van der Waals surface area contributed by atoms with Crippen LogP contribution in [0.4, 0.5) is 8.78 Å². The minimum Gasteiger partial charge on any atom is -0.390 e. The van der Waals surface area contributed by atoms with Gasteiger partial charge in [-0.2, -0.15) is 0 Å². The normalized spacial score (nSPS) is 13.7. The molecule has 0 amide bonds. The molecule has 0 aliphatic carbocycles. The Morgan fingerprint density at radius 1 is 1.35 bits per heavy atom. The van der Waals surface area contributed by atoms with Crippen LogP contribution in [0.25, 0.3) is 0 Å². The number of aliphatic hydroxyl groups excluding tert-OH is 1. The van der Waals surface area contributed by atoms with Crippen LogP contribution in [0.5, 0.6) is 0 Å². The van der Waals surface area contributed by atoms with Gasteiger partial charge in [-0.1, -0.05) is 23.7 Å². The van der Waals surface area contributed by atoms with Gasteiger partial charge < -0.3 is 10.4 Å².